The molecule has 176 valence electrons. The number of likely N-dealkylation sites (tertiary alicyclic amines) is 1. The van der Waals surface area contributed by atoms with Gasteiger partial charge >= 0.3 is 0 Å². The highest BCUT2D eigenvalue weighted by Gasteiger charge is 2.36. The van der Waals surface area contributed by atoms with Gasteiger partial charge in [-0.15, -0.1) is 11.3 Å². The quantitative estimate of drug-likeness (QED) is 0.652. The summed E-state index contributed by atoms with van der Waals surface area (Å²) in [6, 6.07) is 7.88. The van der Waals surface area contributed by atoms with Gasteiger partial charge < -0.3 is 20.0 Å². The first-order valence-corrected chi connectivity index (χ1v) is 12.1. The number of nitrogens with zero attached hydrogens (tertiary/aromatic N) is 3. The zero-order chi connectivity index (χ0) is 24.6. The van der Waals surface area contributed by atoms with Crippen molar-refractivity contribution in [2.45, 2.75) is 38.3 Å². The van der Waals surface area contributed by atoms with Gasteiger partial charge in [0.15, 0.2) is 0 Å². The second-order valence-electron chi connectivity index (χ2n) is 8.97. The lowest BCUT2D eigenvalue weighted by Crippen LogP contribution is -2.45. The fraction of sp³-hybridized carbons (Fsp3) is 0.417. The molecule has 0 bridgehead atoms. The van der Waals surface area contributed by atoms with E-state index in [1.165, 1.54) is 16.2 Å². The van der Waals surface area contributed by atoms with E-state index in [4.69, 9.17) is 7.85 Å². The van der Waals surface area contributed by atoms with Crippen LogP contribution in [0.5, 0.6) is 0 Å². The second kappa shape index (κ2) is 9.62. The van der Waals surface area contributed by atoms with E-state index in [1.54, 1.807) is 48.2 Å². The summed E-state index contributed by atoms with van der Waals surface area (Å²) in [5.41, 5.74) is 1.94. The monoisotopic (exact) mass is 478 g/mol. The van der Waals surface area contributed by atoms with Gasteiger partial charge in [-0.05, 0) is 54.4 Å². The molecule has 2 saturated heterocycles. The van der Waals surface area contributed by atoms with Crippen molar-refractivity contribution in [3.05, 3.63) is 46.3 Å². The fourth-order valence-electron chi connectivity index (χ4n) is 4.56. The maximum absolute atomic E-state index is 13.2. The van der Waals surface area contributed by atoms with Crippen molar-refractivity contribution in [1.82, 2.24) is 15.1 Å². The lowest BCUT2D eigenvalue weighted by molar-refractivity contribution is -0.132. The molecule has 2 aromatic rings. The van der Waals surface area contributed by atoms with Crippen LogP contribution < -0.4 is 15.0 Å². The Morgan fingerprint density at radius 2 is 1.94 bits per heavy atom. The number of nitrogens with one attached hydrogen (secondary N) is 1. The Hall–Kier alpha value is -3.14. The lowest BCUT2D eigenvalue weighted by Gasteiger charge is -2.27. The van der Waals surface area contributed by atoms with Crippen LogP contribution in [0.3, 0.4) is 0 Å². The van der Waals surface area contributed by atoms with Gasteiger partial charge in [-0.1, -0.05) is 6.07 Å². The van der Waals surface area contributed by atoms with Crippen LogP contribution in [0.4, 0.5) is 5.69 Å². The number of carbonyl (C=O) groups excluding carboxylic acids is 4. The van der Waals surface area contributed by atoms with Crippen molar-refractivity contribution >= 4 is 53.3 Å². The van der Waals surface area contributed by atoms with Crippen LogP contribution in [-0.2, 0) is 9.59 Å². The molecular weight excluding hydrogens is 451 g/mol. The van der Waals surface area contributed by atoms with Crippen LogP contribution in [0, 0.1) is 6.92 Å². The molecule has 2 atom stereocenters. The van der Waals surface area contributed by atoms with E-state index in [0.29, 0.717) is 40.4 Å². The molecule has 4 amide bonds. The highest BCUT2D eigenvalue weighted by atomic mass is 32.1. The normalized spacial score (nSPS) is 20.0. The van der Waals surface area contributed by atoms with E-state index >= 15 is 0 Å². The van der Waals surface area contributed by atoms with Crippen molar-refractivity contribution in [3.8, 4) is 0 Å². The smallest absolute Gasteiger partial charge is 0.261 e. The Morgan fingerprint density at radius 3 is 2.59 bits per heavy atom. The second-order valence-corrected chi connectivity index (χ2v) is 10.1. The molecular formula is C24H27BN4O4S. The molecule has 0 aliphatic carbocycles. The number of likely N-dealkylation sites (N-methyl/N-ethyl adjacent to an activating group) is 1. The third kappa shape index (κ3) is 4.73. The topological polar surface area (TPSA) is 90.0 Å². The molecule has 2 aliphatic heterocycles. The summed E-state index contributed by atoms with van der Waals surface area (Å²) in [5, 5.41) is 2.90. The first-order chi connectivity index (χ1) is 16.2. The van der Waals surface area contributed by atoms with Crippen LogP contribution in [0.2, 0.25) is 0 Å². The van der Waals surface area contributed by atoms with E-state index in [0.717, 1.165) is 12.0 Å². The highest BCUT2D eigenvalue weighted by Crippen LogP contribution is 2.27. The Kier molecular flexibility index (Phi) is 6.79. The summed E-state index contributed by atoms with van der Waals surface area (Å²) in [4.78, 5) is 56.1. The minimum absolute atomic E-state index is 0.0684. The predicted octanol–water partition coefficient (Wildman–Crippen LogP) is 1.08. The molecule has 1 aromatic carbocycles. The Labute approximate surface area is 204 Å². The van der Waals surface area contributed by atoms with Crippen molar-refractivity contribution < 1.29 is 19.2 Å². The van der Waals surface area contributed by atoms with Gasteiger partial charge in [-0.3, -0.25) is 19.2 Å². The summed E-state index contributed by atoms with van der Waals surface area (Å²) >= 11 is 1.20. The SMILES string of the molecule is [B]c1ccc(C(=O)NC2CC(=O)N(c3ccc(C(=O)N4CCC[C@H]4C(=O)N(C)C)c(C)c3)C2)s1. The van der Waals surface area contributed by atoms with Gasteiger partial charge in [-0.2, -0.15) is 0 Å². The molecule has 0 saturated carbocycles. The van der Waals surface area contributed by atoms with Crippen molar-refractivity contribution in [3.63, 3.8) is 0 Å². The van der Waals surface area contributed by atoms with Crippen LogP contribution in [0.15, 0.2) is 30.3 Å². The first-order valence-electron chi connectivity index (χ1n) is 11.2. The van der Waals surface area contributed by atoms with E-state index in [-0.39, 0.29) is 36.1 Å². The molecule has 4 rings (SSSR count). The van der Waals surface area contributed by atoms with Crippen molar-refractivity contribution in [1.29, 1.82) is 0 Å². The highest BCUT2D eigenvalue weighted by molar-refractivity contribution is 7.21. The number of thiophene rings is 1. The molecule has 34 heavy (non-hydrogen) atoms. The van der Waals surface area contributed by atoms with Gasteiger partial charge in [0.25, 0.3) is 11.8 Å². The number of aryl methyl sites for hydroxylation is 1. The molecule has 1 aromatic heterocycles. The molecule has 2 aliphatic rings. The van der Waals surface area contributed by atoms with Crippen molar-refractivity contribution in [2.24, 2.45) is 0 Å². The molecule has 1 unspecified atom stereocenters. The number of rotatable bonds is 5. The van der Waals surface area contributed by atoms with Crippen LogP contribution in [0.1, 0.15) is 44.9 Å². The standard InChI is InChI=1S/C24H27BN4O4S/c1-14-11-16(6-7-17(14)23(32)28-10-4-5-18(28)24(33)27(2)3)29-13-15(12-21(29)30)26-22(31)19-8-9-20(25)34-19/h6-9,11,15,18H,4-5,10,12-13H2,1-3H3,(H,26,31)/t15?,18-/m0/s1. The van der Waals surface area contributed by atoms with E-state index < -0.39 is 6.04 Å². The molecule has 1 N–H and O–H groups in total. The van der Waals surface area contributed by atoms with E-state index in [2.05, 4.69) is 5.32 Å². The van der Waals surface area contributed by atoms with Crippen LogP contribution in [0.25, 0.3) is 0 Å². The molecule has 8 nitrogen and oxygen atoms in total. The van der Waals surface area contributed by atoms with Crippen LogP contribution in [-0.4, -0.2) is 80.5 Å². The Bertz CT molecular complexity index is 1150. The minimum Gasteiger partial charge on any atom is -0.347 e. The average Bonchev–Trinajstić information content (AvgIpc) is 3.52. The summed E-state index contributed by atoms with van der Waals surface area (Å²) in [7, 11) is 9.09. The summed E-state index contributed by atoms with van der Waals surface area (Å²) in [6.07, 6.45) is 1.66. The third-order valence-electron chi connectivity index (χ3n) is 6.30. The van der Waals surface area contributed by atoms with Crippen molar-refractivity contribution in [2.75, 3.05) is 32.1 Å². The number of amides is 4. The lowest BCUT2D eigenvalue weighted by atomic mass is 10.1. The minimum atomic E-state index is -0.440. The fourth-order valence-corrected chi connectivity index (χ4v) is 5.24. The van der Waals surface area contributed by atoms with E-state index in [9.17, 15) is 19.2 Å². The van der Waals surface area contributed by atoms with E-state index in [1.807, 2.05) is 13.0 Å². The van der Waals surface area contributed by atoms with Gasteiger partial charge in [-0.25, -0.2) is 0 Å². The van der Waals surface area contributed by atoms with Gasteiger partial charge in [0.05, 0.1) is 10.9 Å². The maximum Gasteiger partial charge on any atom is 0.261 e. The largest absolute Gasteiger partial charge is 0.347 e. The van der Waals surface area contributed by atoms with Crippen LogP contribution >= 0.6 is 11.3 Å². The number of anilines is 1. The number of hydrogen-bond acceptors (Lipinski definition) is 5. The summed E-state index contributed by atoms with van der Waals surface area (Å²) in [6.45, 7) is 2.73. The number of benzene rings is 1. The van der Waals surface area contributed by atoms with Gasteiger partial charge in [0, 0.05) is 44.9 Å². The third-order valence-corrected chi connectivity index (χ3v) is 7.22. The zero-order valence-corrected chi connectivity index (χ0v) is 20.4. The van der Waals surface area contributed by atoms with Gasteiger partial charge in [0.2, 0.25) is 11.8 Å². The molecule has 3 heterocycles. The van der Waals surface area contributed by atoms with Gasteiger partial charge in [0.1, 0.15) is 13.9 Å². The molecule has 2 radical (unpaired) electrons. The molecule has 0 spiro atoms. The Morgan fingerprint density at radius 1 is 1.18 bits per heavy atom. The maximum atomic E-state index is 13.2. The first kappa shape index (κ1) is 24.0. The summed E-state index contributed by atoms with van der Waals surface area (Å²) < 4.78 is 0.561. The number of hydrogen-bond donors (Lipinski definition) is 1. The Balaban J connectivity index is 1.45. The zero-order valence-electron chi connectivity index (χ0n) is 19.5. The molecule has 10 heteroatoms. The number of carbonyl (C=O) groups is 4. The predicted molar refractivity (Wildman–Crippen MR) is 132 cm³/mol. The average molecular weight is 478 g/mol. The summed E-state index contributed by atoms with van der Waals surface area (Å²) in [5.74, 6) is -0.576. The molecule has 2 fully saturated rings.